The van der Waals surface area contributed by atoms with Gasteiger partial charge in [-0.2, -0.15) is 18.3 Å². The molecule has 1 spiro atoms. The number of carbonyl (C=O) groups is 1. The van der Waals surface area contributed by atoms with E-state index in [2.05, 4.69) is 15.1 Å². The minimum Gasteiger partial charge on any atom is -0.475 e. The topological polar surface area (TPSA) is 84.8 Å². The smallest absolute Gasteiger partial charge is 0.475 e. The lowest BCUT2D eigenvalue weighted by Gasteiger charge is -2.53. The standard InChI is InChI=1S/C18H27N3O2.C2HF3O2/c1-14-6-7-17(20-19-14)21-12-18(13-21)10-16(8-9-23-18)22-11-15-4-2-3-5-15;3-2(4,5)1(6)7/h6-7,15-16H,2-5,8-13H2,1H3;(H,6,7). The van der Waals surface area contributed by atoms with Crippen molar-refractivity contribution >= 4 is 11.8 Å². The highest BCUT2D eigenvalue weighted by Gasteiger charge is 2.48. The largest absolute Gasteiger partial charge is 0.490 e. The zero-order valence-corrected chi connectivity index (χ0v) is 17.0. The molecule has 3 heterocycles. The molecule has 4 rings (SSSR count). The van der Waals surface area contributed by atoms with Gasteiger partial charge in [0.05, 0.1) is 24.9 Å². The number of ether oxygens (including phenoxy) is 2. The summed E-state index contributed by atoms with van der Waals surface area (Å²) in [5.41, 5.74) is 0.934. The summed E-state index contributed by atoms with van der Waals surface area (Å²) in [4.78, 5) is 11.2. The highest BCUT2D eigenvalue weighted by Crippen LogP contribution is 2.37. The summed E-state index contributed by atoms with van der Waals surface area (Å²) in [6.45, 7) is 5.56. The zero-order chi connectivity index (χ0) is 21.8. The summed E-state index contributed by atoms with van der Waals surface area (Å²) in [6, 6.07) is 4.06. The minimum atomic E-state index is -5.08. The molecule has 1 aromatic heterocycles. The van der Waals surface area contributed by atoms with Gasteiger partial charge < -0.3 is 19.5 Å². The summed E-state index contributed by atoms with van der Waals surface area (Å²) in [5, 5.41) is 15.5. The number of hydrogen-bond donors (Lipinski definition) is 1. The minimum absolute atomic E-state index is 0.0227. The van der Waals surface area contributed by atoms with Gasteiger partial charge in [0, 0.05) is 19.6 Å². The third-order valence-corrected chi connectivity index (χ3v) is 5.80. The molecule has 2 aliphatic heterocycles. The Morgan fingerprint density at radius 3 is 2.50 bits per heavy atom. The van der Waals surface area contributed by atoms with Crippen molar-refractivity contribution < 1.29 is 32.5 Å². The third kappa shape index (κ3) is 6.04. The Kier molecular flexibility index (Phi) is 7.18. The second kappa shape index (κ2) is 9.47. The zero-order valence-electron chi connectivity index (χ0n) is 17.0. The van der Waals surface area contributed by atoms with Crippen molar-refractivity contribution in [2.24, 2.45) is 5.92 Å². The van der Waals surface area contributed by atoms with Crippen LogP contribution in [0.5, 0.6) is 0 Å². The monoisotopic (exact) mass is 431 g/mol. The van der Waals surface area contributed by atoms with E-state index >= 15 is 0 Å². The number of carboxylic acid groups (broad SMARTS) is 1. The fraction of sp³-hybridized carbons (Fsp3) is 0.750. The van der Waals surface area contributed by atoms with E-state index in [4.69, 9.17) is 19.4 Å². The van der Waals surface area contributed by atoms with Crippen LogP contribution in [0.4, 0.5) is 19.0 Å². The van der Waals surface area contributed by atoms with Crippen molar-refractivity contribution in [1.29, 1.82) is 0 Å². The molecule has 30 heavy (non-hydrogen) atoms. The lowest BCUT2D eigenvalue weighted by atomic mass is 9.84. The molecular weight excluding hydrogens is 403 g/mol. The van der Waals surface area contributed by atoms with Crippen LogP contribution < -0.4 is 4.90 Å². The molecule has 0 aromatic carbocycles. The third-order valence-electron chi connectivity index (χ3n) is 5.80. The number of nitrogens with zero attached hydrogens (tertiary/aromatic N) is 3. The van der Waals surface area contributed by atoms with Crippen LogP contribution in [0.1, 0.15) is 44.2 Å². The summed E-state index contributed by atoms with van der Waals surface area (Å²) in [6.07, 6.45) is 2.84. The first kappa shape index (κ1) is 22.7. The first-order valence-electron chi connectivity index (χ1n) is 10.3. The molecule has 1 N–H and O–H groups in total. The van der Waals surface area contributed by atoms with E-state index in [9.17, 15) is 13.2 Å². The Bertz CT molecular complexity index is 702. The maximum Gasteiger partial charge on any atom is 0.490 e. The highest BCUT2D eigenvalue weighted by molar-refractivity contribution is 5.73. The van der Waals surface area contributed by atoms with Gasteiger partial charge in [-0.1, -0.05) is 12.8 Å². The number of anilines is 1. The van der Waals surface area contributed by atoms with E-state index in [1.165, 1.54) is 25.7 Å². The van der Waals surface area contributed by atoms with E-state index in [1.54, 1.807) is 0 Å². The fourth-order valence-electron chi connectivity index (χ4n) is 4.17. The van der Waals surface area contributed by atoms with Crippen LogP contribution in [-0.4, -0.2) is 65.5 Å². The van der Waals surface area contributed by atoms with Gasteiger partial charge in [0.1, 0.15) is 5.60 Å². The maximum absolute atomic E-state index is 10.6. The molecule has 1 atom stereocenters. The average molecular weight is 431 g/mol. The fourth-order valence-corrected chi connectivity index (χ4v) is 4.17. The second-order valence-electron chi connectivity index (χ2n) is 8.32. The molecule has 1 aliphatic carbocycles. The van der Waals surface area contributed by atoms with E-state index in [-0.39, 0.29) is 5.60 Å². The van der Waals surface area contributed by atoms with Crippen LogP contribution in [0, 0.1) is 12.8 Å². The summed E-state index contributed by atoms with van der Waals surface area (Å²) < 4.78 is 44.1. The predicted molar refractivity (Wildman–Crippen MR) is 102 cm³/mol. The molecule has 0 bridgehead atoms. The molecule has 1 saturated carbocycles. The Labute approximate surface area is 173 Å². The Hall–Kier alpha value is -1.94. The quantitative estimate of drug-likeness (QED) is 0.782. The van der Waals surface area contributed by atoms with E-state index < -0.39 is 12.1 Å². The number of alkyl halides is 3. The predicted octanol–water partition coefficient (Wildman–Crippen LogP) is 3.36. The van der Waals surface area contributed by atoms with Crippen LogP contribution in [0.2, 0.25) is 0 Å². The number of hydrogen-bond acceptors (Lipinski definition) is 6. The van der Waals surface area contributed by atoms with E-state index in [0.29, 0.717) is 6.10 Å². The van der Waals surface area contributed by atoms with Gasteiger partial charge >= 0.3 is 12.1 Å². The molecule has 3 fully saturated rings. The Morgan fingerprint density at radius 1 is 1.27 bits per heavy atom. The van der Waals surface area contributed by atoms with Crippen LogP contribution in [0.3, 0.4) is 0 Å². The van der Waals surface area contributed by atoms with Crippen molar-refractivity contribution in [3.05, 3.63) is 17.8 Å². The van der Waals surface area contributed by atoms with Gasteiger partial charge in [-0.15, -0.1) is 5.10 Å². The van der Waals surface area contributed by atoms with Crippen LogP contribution in [0.15, 0.2) is 12.1 Å². The number of carboxylic acids is 1. The first-order chi connectivity index (χ1) is 14.2. The second-order valence-corrected chi connectivity index (χ2v) is 8.32. The van der Waals surface area contributed by atoms with Crippen LogP contribution in [0.25, 0.3) is 0 Å². The normalized spacial score (nSPS) is 23.6. The molecule has 10 heteroatoms. The summed E-state index contributed by atoms with van der Waals surface area (Å²) >= 11 is 0. The number of aliphatic carboxylic acids is 1. The van der Waals surface area contributed by atoms with E-state index in [0.717, 1.165) is 56.6 Å². The number of halogens is 3. The lowest BCUT2D eigenvalue weighted by molar-refractivity contribution is -0.192. The van der Waals surface area contributed by atoms with E-state index in [1.807, 2.05) is 19.1 Å². The number of aromatic nitrogens is 2. The van der Waals surface area contributed by atoms with Crippen molar-refractivity contribution in [1.82, 2.24) is 10.2 Å². The maximum atomic E-state index is 10.6. The lowest BCUT2D eigenvalue weighted by Crippen LogP contribution is -2.66. The van der Waals surface area contributed by atoms with Gasteiger partial charge in [-0.3, -0.25) is 0 Å². The number of rotatable bonds is 4. The number of aryl methyl sites for hydroxylation is 1. The highest BCUT2D eigenvalue weighted by atomic mass is 19.4. The van der Waals surface area contributed by atoms with Crippen molar-refractivity contribution in [3.8, 4) is 0 Å². The molecule has 1 unspecified atom stereocenters. The van der Waals surface area contributed by atoms with Crippen molar-refractivity contribution in [3.63, 3.8) is 0 Å². The van der Waals surface area contributed by atoms with Gasteiger partial charge in [-0.05, 0) is 44.2 Å². The van der Waals surface area contributed by atoms with Gasteiger partial charge in [0.2, 0.25) is 0 Å². The molecule has 168 valence electrons. The summed E-state index contributed by atoms with van der Waals surface area (Å²) in [7, 11) is 0. The summed E-state index contributed by atoms with van der Waals surface area (Å²) in [5.74, 6) is -0.999. The molecule has 0 amide bonds. The Morgan fingerprint density at radius 2 is 1.93 bits per heavy atom. The molecule has 7 nitrogen and oxygen atoms in total. The first-order valence-corrected chi connectivity index (χ1v) is 10.3. The van der Waals surface area contributed by atoms with Crippen LogP contribution in [-0.2, 0) is 14.3 Å². The Balaban J connectivity index is 0.000000318. The average Bonchev–Trinajstić information content (AvgIpc) is 3.19. The van der Waals surface area contributed by atoms with Crippen LogP contribution >= 0.6 is 0 Å². The molecule has 0 radical (unpaired) electrons. The molecule has 3 aliphatic rings. The molecule has 1 aromatic rings. The van der Waals surface area contributed by atoms with Crippen molar-refractivity contribution in [2.45, 2.75) is 63.3 Å². The molecular formula is C20H28F3N3O4. The van der Waals surface area contributed by atoms with Gasteiger partial charge in [0.15, 0.2) is 5.82 Å². The van der Waals surface area contributed by atoms with Crippen molar-refractivity contribution in [2.75, 3.05) is 31.2 Å². The van der Waals surface area contributed by atoms with Gasteiger partial charge in [0.25, 0.3) is 0 Å². The molecule has 2 saturated heterocycles. The van der Waals surface area contributed by atoms with Gasteiger partial charge in [-0.25, -0.2) is 4.79 Å². The SMILES string of the molecule is Cc1ccc(N2CC3(CC(OCC4CCCC4)CCO3)C2)nn1.O=C(O)C(F)(F)F.